The number of aryl methyl sites for hydroxylation is 1. The number of nitrogens with two attached hydrogens (primary N) is 1. The van der Waals surface area contributed by atoms with Crippen molar-refractivity contribution in [2.75, 3.05) is 37.6 Å². The summed E-state index contributed by atoms with van der Waals surface area (Å²) in [6.07, 6.45) is 2.93. The second-order valence-corrected chi connectivity index (χ2v) is 5.10. The van der Waals surface area contributed by atoms with E-state index >= 15 is 0 Å². The molecule has 4 heteroatoms. The highest BCUT2D eigenvalue weighted by atomic mass is 15.3. The SMILES string of the molecule is CCC(N)CN1CCN(c2ncccc2C)CC1. The molecule has 0 aliphatic carbocycles. The summed E-state index contributed by atoms with van der Waals surface area (Å²) in [5, 5.41) is 0. The summed E-state index contributed by atoms with van der Waals surface area (Å²) in [4.78, 5) is 9.33. The fraction of sp³-hybridized carbons (Fsp3) is 0.643. The van der Waals surface area contributed by atoms with E-state index in [-0.39, 0.29) is 0 Å². The molecule has 0 radical (unpaired) electrons. The van der Waals surface area contributed by atoms with Crippen LogP contribution in [-0.4, -0.2) is 48.6 Å². The van der Waals surface area contributed by atoms with Crippen LogP contribution in [0.15, 0.2) is 18.3 Å². The van der Waals surface area contributed by atoms with Crippen molar-refractivity contribution < 1.29 is 0 Å². The van der Waals surface area contributed by atoms with Gasteiger partial charge in [-0.1, -0.05) is 13.0 Å². The lowest BCUT2D eigenvalue weighted by molar-refractivity contribution is 0.240. The van der Waals surface area contributed by atoms with Crippen molar-refractivity contribution >= 4 is 5.82 Å². The largest absolute Gasteiger partial charge is 0.354 e. The van der Waals surface area contributed by atoms with E-state index in [2.05, 4.69) is 34.7 Å². The highest BCUT2D eigenvalue weighted by Gasteiger charge is 2.19. The number of hydrogen-bond acceptors (Lipinski definition) is 4. The number of anilines is 1. The van der Waals surface area contributed by atoms with Gasteiger partial charge in [0.15, 0.2) is 0 Å². The molecule has 2 rings (SSSR count). The van der Waals surface area contributed by atoms with Crippen LogP contribution in [0, 0.1) is 6.92 Å². The molecule has 1 aliphatic rings. The van der Waals surface area contributed by atoms with Crippen LogP contribution in [0.4, 0.5) is 5.82 Å². The van der Waals surface area contributed by atoms with E-state index in [0.29, 0.717) is 6.04 Å². The first-order chi connectivity index (χ1) is 8.70. The number of hydrogen-bond donors (Lipinski definition) is 1. The molecule has 1 aliphatic heterocycles. The molecule has 4 nitrogen and oxygen atoms in total. The van der Waals surface area contributed by atoms with Gasteiger partial charge < -0.3 is 10.6 Å². The normalized spacial score (nSPS) is 18.9. The highest BCUT2D eigenvalue weighted by Crippen LogP contribution is 2.17. The lowest BCUT2D eigenvalue weighted by Gasteiger charge is -2.36. The molecule has 1 unspecified atom stereocenters. The fourth-order valence-corrected chi connectivity index (χ4v) is 2.41. The summed E-state index contributed by atoms with van der Waals surface area (Å²) >= 11 is 0. The number of nitrogens with zero attached hydrogens (tertiary/aromatic N) is 3. The van der Waals surface area contributed by atoms with Gasteiger partial charge in [-0.3, -0.25) is 4.90 Å². The average Bonchev–Trinajstić information content (AvgIpc) is 2.40. The standard InChI is InChI=1S/C14H24N4/c1-3-13(15)11-17-7-9-18(10-8-17)14-12(2)5-4-6-16-14/h4-6,13H,3,7-11,15H2,1-2H3. The monoisotopic (exact) mass is 248 g/mol. The summed E-state index contributed by atoms with van der Waals surface area (Å²) in [6.45, 7) is 9.57. The maximum Gasteiger partial charge on any atom is 0.131 e. The molecule has 2 heterocycles. The zero-order valence-electron chi connectivity index (χ0n) is 11.5. The zero-order valence-corrected chi connectivity index (χ0v) is 11.5. The molecule has 1 fully saturated rings. The quantitative estimate of drug-likeness (QED) is 0.871. The van der Waals surface area contributed by atoms with E-state index in [1.54, 1.807) is 0 Å². The lowest BCUT2D eigenvalue weighted by atomic mass is 10.2. The first kappa shape index (κ1) is 13.3. The second kappa shape index (κ2) is 6.16. The molecule has 1 aromatic rings. The van der Waals surface area contributed by atoms with Crippen molar-refractivity contribution in [1.82, 2.24) is 9.88 Å². The van der Waals surface area contributed by atoms with Crippen LogP contribution in [0.2, 0.25) is 0 Å². The zero-order chi connectivity index (χ0) is 13.0. The summed E-state index contributed by atoms with van der Waals surface area (Å²) in [5.74, 6) is 1.14. The van der Waals surface area contributed by atoms with Crippen molar-refractivity contribution in [3.8, 4) is 0 Å². The van der Waals surface area contributed by atoms with Crippen LogP contribution in [0.5, 0.6) is 0 Å². The summed E-state index contributed by atoms with van der Waals surface area (Å²) in [6, 6.07) is 4.44. The molecular formula is C14H24N4. The molecule has 0 amide bonds. The Bertz CT molecular complexity index is 372. The molecule has 0 aromatic carbocycles. The molecule has 18 heavy (non-hydrogen) atoms. The lowest BCUT2D eigenvalue weighted by Crippen LogP contribution is -2.50. The van der Waals surface area contributed by atoms with Crippen LogP contribution < -0.4 is 10.6 Å². The van der Waals surface area contributed by atoms with Gasteiger partial charge in [0.1, 0.15) is 5.82 Å². The van der Waals surface area contributed by atoms with E-state index in [1.165, 1.54) is 5.56 Å². The van der Waals surface area contributed by atoms with Crippen molar-refractivity contribution in [3.63, 3.8) is 0 Å². The van der Waals surface area contributed by atoms with Crippen molar-refractivity contribution in [2.24, 2.45) is 5.73 Å². The van der Waals surface area contributed by atoms with Gasteiger partial charge >= 0.3 is 0 Å². The number of rotatable bonds is 4. The number of aromatic nitrogens is 1. The predicted molar refractivity (Wildman–Crippen MR) is 75.9 cm³/mol. The first-order valence-corrected chi connectivity index (χ1v) is 6.85. The molecular weight excluding hydrogens is 224 g/mol. The highest BCUT2D eigenvalue weighted by molar-refractivity contribution is 5.46. The third kappa shape index (κ3) is 3.21. The van der Waals surface area contributed by atoms with Crippen molar-refractivity contribution in [3.05, 3.63) is 23.9 Å². The van der Waals surface area contributed by atoms with E-state index in [0.717, 1.165) is 45.0 Å². The Morgan fingerprint density at radius 1 is 1.33 bits per heavy atom. The third-order valence-electron chi connectivity index (χ3n) is 3.67. The van der Waals surface area contributed by atoms with Gasteiger partial charge in [-0.05, 0) is 25.0 Å². The maximum atomic E-state index is 6.01. The molecule has 1 atom stereocenters. The van der Waals surface area contributed by atoms with Gasteiger partial charge in [0.2, 0.25) is 0 Å². The fourth-order valence-electron chi connectivity index (χ4n) is 2.41. The summed E-state index contributed by atoms with van der Waals surface area (Å²) in [7, 11) is 0. The van der Waals surface area contributed by atoms with E-state index in [4.69, 9.17) is 5.73 Å². The maximum absolute atomic E-state index is 6.01. The van der Waals surface area contributed by atoms with Crippen LogP contribution in [0.3, 0.4) is 0 Å². The van der Waals surface area contributed by atoms with Crippen LogP contribution in [0.25, 0.3) is 0 Å². The smallest absolute Gasteiger partial charge is 0.131 e. The molecule has 0 bridgehead atoms. The first-order valence-electron chi connectivity index (χ1n) is 6.85. The Hall–Kier alpha value is -1.13. The Morgan fingerprint density at radius 3 is 2.67 bits per heavy atom. The molecule has 100 valence electrons. The van der Waals surface area contributed by atoms with E-state index in [9.17, 15) is 0 Å². The predicted octanol–water partition coefficient (Wildman–Crippen LogP) is 1.25. The topological polar surface area (TPSA) is 45.4 Å². The minimum Gasteiger partial charge on any atom is -0.354 e. The van der Waals surface area contributed by atoms with Gasteiger partial charge in [-0.25, -0.2) is 4.98 Å². The molecule has 0 spiro atoms. The molecule has 2 N–H and O–H groups in total. The molecule has 1 saturated heterocycles. The van der Waals surface area contributed by atoms with Gasteiger partial charge in [0.05, 0.1) is 0 Å². The van der Waals surface area contributed by atoms with E-state index in [1.807, 2.05) is 12.3 Å². The minimum absolute atomic E-state index is 0.313. The second-order valence-electron chi connectivity index (χ2n) is 5.10. The average molecular weight is 248 g/mol. The van der Waals surface area contributed by atoms with Crippen LogP contribution in [0.1, 0.15) is 18.9 Å². The Labute approximate surface area is 110 Å². The third-order valence-corrected chi connectivity index (χ3v) is 3.67. The minimum atomic E-state index is 0.313. The van der Waals surface area contributed by atoms with Gasteiger partial charge in [0.25, 0.3) is 0 Å². The summed E-state index contributed by atoms with van der Waals surface area (Å²) in [5.41, 5.74) is 7.27. The van der Waals surface area contributed by atoms with E-state index < -0.39 is 0 Å². The Morgan fingerprint density at radius 2 is 2.06 bits per heavy atom. The molecule has 0 saturated carbocycles. The van der Waals surface area contributed by atoms with Crippen molar-refractivity contribution in [1.29, 1.82) is 0 Å². The van der Waals surface area contributed by atoms with Gasteiger partial charge in [-0.2, -0.15) is 0 Å². The van der Waals surface area contributed by atoms with Crippen LogP contribution in [-0.2, 0) is 0 Å². The Balaban J connectivity index is 1.89. The summed E-state index contributed by atoms with van der Waals surface area (Å²) < 4.78 is 0. The Kier molecular flexibility index (Phi) is 4.55. The van der Waals surface area contributed by atoms with Crippen LogP contribution >= 0.6 is 0 Å². The van der Waals surface area contributed by atoms with Gasteiger partial charge in [0, 0.05) is 45.0 Å². The number of piperazine rings is 1. The van der Waals surface area contributed by atoms with Crippen molar-refractivity contribution in [2.45, 2.75) is 26.3 Å². The molecule has 1 aromatic heterocycles. The van der Waals surface area contributed by atoms with Gasteiger partial charge in [-0.15, -0.1) is 0 Å². The number of pyridine rings is 1.